The number of hydrogen-bond donors (Lipinski definition) is 1. The van der Waals surface area contributed by atoms with Crippen molar-refractivity contribution in [3.8, 4) is 0 Å². The van der Waals surface area contributed by atoms with Gasteiger partial charge < -0.3 is 23.5 Å². The van der Waals surface area contributed by atoms with Crippen LogP contribution >= 0.6 is 0 Å². The number of para-hydroxylation sites is 2. The quantitative estimate of drug-likeness (QED) is 0.108. The first-order valence-electron chi connectivity index (χ1n) is 19.2. The molecule has 270 valence electrons. The summed E-state index contributed by atoms with van der Waals surface area (Å²) in [5, 5.41) is 3.95. The fourth-order valence-corrected chi connectivity index (χ4v) is 10.9. The second-order valence-corrected chi connectivity index (χ2v) is 17.2. The first-order chi connectivity index (χ1) is 24.1. The number of likely N-dealkylation sites (N-methyl/N-ethyl adjacent to an activating group) is 1. The molecule has 0 saturated carbocycles. The van der Waals surface area contributed by atoms with Gasteiger partial charge in [0.25, 0.3) is 0 Å². The van der Waals surface area contributed by atoms with Gasteiger partial charge in [0.2, 0.25) is 5.69 Å². The molecule has 2 aromatic rings. The van der Waals surface area contributed by atoms with Crippen LogP contribution in [0.5, 0.6) is 0 Å². The predicted molar refractivity (Wildman–Crippen MR) is 212 cm³/mol. The Hall–Kier alpha value is -3.23. The lowest BCUT2D eigenvalue weighted by Gasteiger charge is -2.29. The molecule has 0 radical (unpaired) electrons. The molecule has 50 heavy (non-hydrogen) atoms. The number of hydrogen-bond acceptors (Lipinski definition) is 5. The molecule has 0 saturated heterocycles. The summed E-state index contributed by atoms with van der Waals surface area (Å²) in [5.74, 6) is 0. The van der Waals surface area contributed by atoms with E-state index in [2.05, 4.69) is 129 Å². The van der Waals surface area contributed by atoms with E-state index in [4.69, 9.17) is 13.3 Å². The second kappa shape index (κ2) is 16.4. The minimum Gasteiger partial charge on any atom is -0.385 e. The summed E-state index contributed by atoms with van der Waals surface area (Å²) in [4.78, 5) is 2.49. The largest absolute Gasteiger partial charge is 0.500 e. The van der Waals surface area contributed by atoms with Gasteiger partial charge in [0.05, 0.1) is 5.41 Å². The van der Waals surface area contributed by atoms with Crippen molar-refractivity contribution in [3.63, 3.8) is 0 Å². The fraction of sp³-hybridized carbons (Fsp3) is 0.512. The van der Waals surface area contributed by atoms with Crippen LogP contribution in [0.3, 0.4) is 0 Å². The van der Waals surface area contributed by atoms with Crippen molar-refractivity contribution in [3.05, 3.63) is 107 Å². The molecule has 2 heterocycles. The van der Waals surface area contributed by atoms with Crippen molar-refractivity contribution in [1.29, 1.82) is 0 Å². The molecular formula is C43H62N3O3Si+. The van der Waals surface area contributed by atoms with Gasteiger partial charge in [-0.05, 0) is 103 Å². The average Bonchev–Trinajstić information content (AvgIpc) is 3.47. The number of nitrogens with one attached hydrogen (secondary N) is 1. The Labute approximate surface area is 304 Å². The Balaban J connectivity index is 1.51. The smallest absolute Gasteiger partial charge is 0.385 e. The van der Waals surface area contributed by atoms with Crippen LogP contribution in [0.2, 0.25) is 6.04 Å². The van der Waals surface area contributed by atoms with Crippen LogP contribution in [0.25, 0.3) is 0 Å². The summed E-state index contributed by atoms with van der Waals surface area (Å²) in [6.45, 7) is 24.6. The van der Waals surface area contributed by atoms with Crippen molar-refractivity contribution < 1.29 is 17.9 Å². The zero-order chi connectivity index (χ0) is 35.9. The molecule has 2 aliphatic heterocycles. The normalized spacial score (nSPS) is 20.1. The van der Waals surface area contributed by atoms with Gasteiger partial charge >= 0.3 is 8.80 Å². The van der Waals surface area contributed by atoms with E-state index in [1.165, 1.54) is 50.8 Å². The summed E-state index contributed by atoms with van der Waals surface area (Å²) in [6.07, 6.45) is 13.7. The van der Waals surface area contributed by atoms with E-state index in [9.17, 15) is 0 Å². The molecule has 2 aromatic carbocycles. The Kier molecular flexibility index (Phi) is 12.5. The van der Waals surface area contributed by atoms with Crippen LogP contribution in [0.1, 0.15) is 99.1 Å². The highest BCUT2D eigenvalue weighted by Gasteiger charge is 2.44. The summed E-state index contributed by atoms with van der Waals surface area (Å²) in [7, 11) is -2.71. The van der Waals surface area contributed by atoms with E-state index in [0.717, 1.165) is 51.4 Å². The topological polar surface area (TPSA) is 46.0 Å². The molecule has 3 aliphatic rings. The van der Waals surface area contributed by atoms with Gasteiger partial charge in [-0.1, -0.05) is 62.4 Å². The van der Waals surface area contributed by atoms with Gasteiger partial charge in [0.15, 0.2) is 5.71 Å². The molecular weight excluding hydrogens is 635 g/mol. The molecule has 7 heteroatoms. The highest BCUT2D eigenvalue weighted by atomic mass is 28.4. The van der Waals surface area contributed by atoms with Crippen LogP contribution in [0.15, 0.2) is 95.4 Å². The third kappa shape index (κ3) is 7.52. The number of rotatable bonds is 16. The molecule has 6 nitrogen and oxygen atoms in total. The molecule has 0 spiro atoms. The Morgan fingerprint density at radius 2 is 1.46 bits per heavy atom. The van der Waals surface area contributed by atoms with Gasteiger partial charge in [-0.25, -0.2) is 0 Å². The van der Waals surface area contributed by atoms with Crippen molar-refractivity contribution in [2.75, 3.05) is 44.4 Å². The Bertz CT molecular complexity index is 1650. The molecule has 0 unspecified atom stereocenters. The third-order valence-electron chi connectivity index (χ3n) is 10.7. The van der Waals surface area contributed by atoms with Gasteiger partial charge in [-0.2, -0.15) is 4.58 Å². The maximum atomic E-state index is 6.18. The molecule has 0 fully saturated rings. The minimum atomic E-state index is -2.71. The zero-order valence-electron chi connectivity index (χ0n) is 32.3. The summed E-state index contributed by atoms with van der Waals surface area (Å²) >= 11 is 0. The van der Waals surface area contributed by atoms with E-state index < -0.39 is 8.80 Å². The average molecular weight is 697 g/mol. The van der Waals surface area contributed by atoms with Crippen molar-refractivity contribution >= 4 is 25.9 Å². The van der Waals surface area contributed by atoms with Gasteiger partial charge in [-0.3, -0.25) is 0 Å². The standard InChI is InChI=1S/C43H61N3O3Si/c1-10-45-37-25-17-15-23-35(37)42(6,7)39(45)29-27-33-21-19-22-34(41(33)44-31-20-32-50(47-12-3,48-13-4)49-14-5)28-30-40-43(8,9)36-24-16-18-26-38(36)46(40)11-2/h15-18,23-30H,10-14,19-22,31-32H2,1-9H3/p+1. The van der Waals surface area contributed by atoms with Crippen molar-refractivity contribution in [2.24, 2.45) is 0 Å². The second-order valence-electron chi connectivity index (χ2n) is 14.5. The van der Waals surface area contributed by atoms with Gasteiger partial charge in [-0.15, -0.1) is 0 Å². The highest BCUT2D eigenvalue weighted by molar-refractivity contribution is 6.60. The fourth-order valence-electron chi connectivity index (χ4n) is 8.33. The van der Waals surface area contributed by atoms with Crippen LogP contribution in [-0.2, 0) is 24.1 Å². The van der Waals surface area contributed by atoms with Crippen molar-refractivity contribution in [2.45, 2.75) is 105 Å². The maximum Gasteiger partial charge on any atom is 0.500 e. The summed E-state index contributed by atoms with van der Waals surface area (Å²) in [5.41, 5.74) is 12.1. The molecule has 5 rings (SSSR count). The maximum absolute atomic E-state index is 6.18. The van der Waals surface area contributed by atoms with Crippen LogP contribution in [0.4, 0.5) is 11.4 Å². The van der Waals surface area contributed by atoms with Crippen LogP contribution in [-0.4, -0.2) is 58.5 Å². The number of anilines is 1. The van der Waals surface area contributed by atoms with E-state index in [1.807, 2.05) is 20.8 Å². The number of allylic oxidation sites excluding steroid dienone is 7. The van der Waals surface area contributed by atoms with Crippen LogP contribution in [0, 0.1) is 0 Å². The van der Waals surface area contributed by atoms with E-state index in [1.54, 1.807) is 0 Å². The lowest BCUT2D eigenvalue weighted by Crippen LogP contribution is -2.46. The van der Waals surface area contributed by atoms with E-state index in [0.29, 0.717) is 19.8 Å². The number of nitrogens with zero attached hydrogens (tertiary/aromatic N) is 2. The first kappa shape index (κ1) is 38.0. The molecule has 1 aliphatic carbocycles. The molecule has 1 N–H and O–H groups in total. The number of benzene rings is 2. The molecule has 0 amide bonds. The molecule has 0 aromatic heterocycles. The van der Waals surface area contributed by atoms with E-state index >= 15 is 0 Å². The monoisotopic (exact) mass is 696 g/mol. The van der Waals surface area contributed by atoms with E-state index in [-0.39, 0.29) is 10.8 Å². The van der Waals surface area contributed by atoms with Crippen molar-refractivity contribution in [1.82, 2.24) is 5.32 Å². The first-order valence-corrected chi connectivity index (χ1v) is 21.1. The third-order valence-corrected chi connectivity index (χ3v) is 13.9. The minimum absolute atomic E-state index is 0.0620. The SMILES string of the molecule is CCO[Si](CCCNC1=C(C=CC2=[N+](CC)c3ccccc3C2(C)C)CCCC1=CC=C1N(CC)c2ccccc2C1(C)C)(OCC)OCC. The lowest BCUT2D eigenvalue weighted by molar-refractivity contribution is -0.433. The Morgan fingerprint density at radius 3 is 2.12 bits per heavy atom. The summed E-state index contributed by atoms with van der Waals surface area (Å²) in [6, 6.07) is 18.6. The highest BCUT2D eigenvalue weighted by Crippen LogP contribution is 2.47. The predicted octanol–water partition coefficient (Wildman–Crippen LogP) is 9.73. The molecule has 0 bridgehead atoms. The van der Waals surface area contributed by atoms with Gasteiger partial charge in [0.1, 0.15) is 6.54 Å². The van der Waals surface area contributed by atoms with Crippen LogP contribution < -0.4 is 10.2 Å². The lowest BCUT2D eigenvalue weighted by atomic mass is 9.81. The molecule has 0 atom stereocenters. The van der Waals surface area contributed by atoms with Gasteiger partial charge in [0, 0.05) is 79.2 Å². The number of fused-ring (bicyclic) bond motifs is 2. The zero-order valence-corrected chi connectivity index (χ0v) is 33.3. The Morgan fingerprint density at radius 1 is 0.800 bits per heavy atom. The summed E-state index contributed by atoms with van der Waals surface area (Å²) < 4.78 is 21.0.